The van der Waals surface area contributed by atoms with E-state index < -0.39 is 11.5 Å². The van der Waals surface area contributed by atoms with Crippen molar-refractivity contribution in [2.24, 2.45) is 0 Å². The lowest BCUT2D eigenvalue weighted by molar-refractivity contribution is -0.130. The summed E-state index contributed by atoms with van der Waals surface area (Å²) in [5.41, 5.74) is 0.348. The average molecular weight is 272 g/mol. The third-order valence-corrected chi connectivity index (χ3v) is 2.31. The van der Waals surface area contributed by atoms with Gasteiger partial charge in [0.1, 0.15) is 5.60 Å². The fourth-order valence-electron chi connectivity index (χ4n) is 1.09. The lowest BCUT2D eigenvalue weighted by Crippen LogP contribution is -2.36. The van der Waals surface area contributed by atoms with Crippen LogP contribution in [0, 0.1) is 6.92 Å². The summed E-state index contributed by atoms with van der Waals surface area (Å²) in [6.45, 7) is 4.84. The highest BCUT2D eigenvalue weighted by molar-refractivity contribution is 9.10. The van der Waals surface area contributed by atoms with Crippen molar-refractivity contribution < 1.29 is 9.90 Å². The molecular formula is C11H14BrNO2. The van der Waals surface area contributed by atoms with E-state index in [-0.39, 0.29) is 0 Å². The van der Waals surface area contributed by atoms with Crippen molar-refractivity contribution in [2.45, 2.75) is 26.4 Å². The Morgan fingerprint density at radius 3 is 2.47 bits per heavy atom. The van der Waals surface area contributed by atoms with Crippen molar-refractivity contribution in [1.82, 2.24) is 0 Å². The Morgan fingerprint density at radius 2 is 2.00 bits per heavy atom. The number of amides is 1. The molecule has 0 saturated carbocycles. The minimum Gasteiger partial charge on any atom is -0.381 e. The van der Waals surface area contributed by atoms with E-state index >= 15 is 0 Å². The highest BCUT2D eigenvalue weighted by atomic mass is 79.9. The monoisotopic (exact) mass is 271 g/mol. The lowest BCUT2D eigenvalue weighted by Gasteiger charge is -2.16. The molecule has 0 aliphatic carbocycles. The summed E-state index contributed by atoms with van der Waals surface area (Å²) in [5, 5.41) is 12.1. The minimum atomic E-state index is -1.36. The molecule has 0 unspecified atom stereocenters. The van der Waals surface area contributed by atoms with Crippen LogP contribution >= 0.6 is 15.9 Å². The topological polar surface area (TPSA) is 49.3 Å². The fourth-order valence-corrected chi connectivity index (χ4v) is 1.70. The molecule has 0 heterocycles. The Labute approximate surface area is 97.6 Å². The molecule has 0 atom stereocenters. The van der Waals surface area contributed by atoms with E-state index in [1.54, 1.807) is 6.07 Å². The molecule has 0 bridgehead atoms. The van der Waals surface area contributed by atoms with Gasteiger partial charge >= 0.3 is 0 Å². The summed E-state index contributed by atoms with van der Waals surface area (Å²) in [7, 11) is 0. The van der Waals surface area contributed by atoms with Gasteiger partial charge in [0.15, 0.2) is 0 Å². The number of halogens is 1. The Kier molecular flexibility index (Phi) is 3.52. The first-order valence-corrected chi connectivity index (χ1v) is 5.39. The van der Waals surface area contributed by atoms with Crippen LogP contribution < -0.4 is 5.32 Å². The Bertz CT molecular complexity index is 362. The summed E-state index contributed by atoms with van der Waals surface area (Å²) in [6, 6.07) is 5.57. The summed E-state index contributed by atoms with van der Waals surface area (Å²) in [6.07, 6.45) is 0. The van der Waals surface area contributed by atoms with E-state index in [4.69, 9.17) is 0 Å². The van der Waals surface area contributed by atoms with Crippen LogP contribution in [0.4, 0.5) is 5.69 Å². The van der Waals surface area contributed by atoms with E-state index in [9.17, 15) is 9.90 Å². The van der Waals surface area contributed by atoms with Crippen molar-refractivity contribution in [3.05, 3.63) is 28.2 Å². The number of carbonyl (C=O) groups is 1. The molecule has 82 valence electrons. The van der Waals surface area contributed by atoms with Crippen LogP contribution in [0.25, 0.3) is 0 Å². The zero-order chi connectivity index (χ0) is 11.6. The molecule has 1 aromatic carbocycles. The van der Waals surface area contributed by atoms with Gasteiger partial charge in [0.05, 0.1) is 0 Å². The van der Waals surface area contributed by atoms with Gasteiger partial charge in [-0.2, -0.15) is 0 Å². The van der Waals surface area contributed by atoms with E-state index in [0.717, 1.165) is 10.0 Å². The quantitative estimate of drug-likeness (QED) is 0.868. The maximum absolute atomic E-state index is 11.5. The minimum absolute atomic E-state index is 0.417. The number of hydrogen-bond acceptors (Lipinski definition) is 2. The molecule has 0 spiro atoms. The molecule has 1 amide bonds. The number of hydrogen-bond donors (Lipinski definition) is 2. The molecule has 2 N–H and O–H groups in total. The lowest BCUT2D eigenvalue weighted by atomic mass is 10.1. The molecule has 0 radical (unpaired) electrons. The zero-order valence-corrected chi connectivity index (χ0v) is 10.6. The molecule has 0 aromatic heterocycles. The zero-order valence-electron chi connectivity index (χ0n) is 8.97. The van der Waals surface area contributed by atoms with Crippen LogP contribution in [0.5, 0.6) is 0 Å². The summed E-state index contributed by atoms with van der Waals surface area (Å²) < 4.78 is 0.897. The number of benzene rings is 1. The van der Waals surface area contributed by atoms with Gasteiger partial charge in [-0.1, -0.05) is 15.9 Å². The van der Waals surface area contributed by atoms with E-state index in [2.05, 4.69) is 21.2 Å². The highest BCUT2D eigenvalue weighted by Gasteiger charge is 2.23. The summed E-state index contributed by atoms with van der Waals surface area (Å²) >= 11 is 3.34. The molecule has 1 rings (SSSR count). The number of nitrogens with one attached hydrogen (secondary N) is 1. The van der Waals surface area contributed by atoms with Crippen molar-refractivity contribution in [1.29, 1.82) is 0 Å². The maximum atomic E-state index is 11.5. The molecule has 4 heteroatoms. The third kappa shape index (κ3) is 3.64. The molecular weight excluding hydrogens is 258 g/mol. The van der Waals surface area contributed by atoms with Crippen molar-refractivity contribution in [3.8, 4) is 0 Å². The van der Waals surface area contributed by atoms with Gasteiger partial charge in [0.2, 0.25) is 0 Å². The van der Waals surface area contributed by atoms with Gasteiger partial charge in [-0.15, -0.1) is 0 Å². The third-order valence-electron chi connectivity index (χ3n) is 1.86. The van der Waals surface area contributed by atoms with Crippen LogP contribution in [0.1, 0.15) is 19.4 Å². The summed E-state index contributed by atoms with van der Waals surface area (Å²) in [4.78, 5) is 11.5. The largest absolute Gasteiger partial charge is 0.381 e. The molecule has 0 aliphatic heterocycles. The Morgan fingerprint density at radius 1 is 1.40 bits per heavy atom. The molecule has 0 fully saturated rings. The predicted molar refractivity (Wildman–Crippen MR) is 63.8 cm³/mol. The van der Waals surface area contributed by atoms with Crippen LogP contribution in [0.3, 0.4) is 0 Å². The highest BCUT2D eigenvalue weighted by Crippen LogP contribution is 2.20. The van der Waals surface area contributed by atoms with Gasteiger partial charge in [-0.05, 0) is 44.5 Å². The van der Waals surface area contributed by atoms with Gasteiger partial charge in [-0.25, -0.2) is 0 Å². The Balaban J connectivity index is 2.86. The number of anilines is 1. The van der Waals surface area contributed by atoms with Gasteiger partial charge in [0, 0.05) is 10.2 Å². The van der Waals surface area contributed by atoms with Gasteiger partial charge in [-0.3, -0.25) is 4.79 Å². The standard InChI is InChI=1S/C11H14BrNO2/c1-7-4-8(12)6-9(5-7)13-10(14)11(2,3)15/h4-6,15H,1-3H3,(H,13,14). The molecule has 1 aromatic rings. The van der Waals surface area contributed by atoms with Gasteiger partial charge in [0.25, 0.3) is 5.91 Å². The molecule has 3 nitrogen and oxygen atoms in total. The first-order valence-electron chi connectivity index (χ1n) is 4.60. The smallest absolute Gasteiger partial charge is 0.255 e. The second kappa shape index (κ2) is 4.33. The van der Waals surface area contributed by atoms with Gasteiger partial charge < -0.3 is 10.4 Å². The van der Waals surface area contributed by atoms with Crippen LogP contribution in [-0.2, 0) is 4.79 Å². The molecule has 15 heavy (non-hydrogen) atoms. The summed E-state index contributed by atoms with van der Waals surface area (Å²) in [5.74, 6) is -0.417. The number of rotatable bonds is 2. The Hall–Kier alpha value is -0.870. The second-order valence-corrected chi connectivity index (χ2v) is 4.95. The van der Waals surface area contributed by atoms with Crippen molar-refractivity contribution in [3.63, 3.8) is 0 Å². The van der Waals surface area contributed by atoms with E-state index in [0.29, 0.717) is 5.69 Å². The molecule has 0 aliphatic rings. The maximum Gasteiger partial charge on any atom is 0.255 e. The van der Waals surface area contributed by atoms with E-state index in [1.807, 2.05) is 19.1 Å². The van der Waals surface area contributed by atoms with Crippen LogP contribution in [0.15, 0.2) is 22.7 Å². The number of carbonyl (C=O) groups excluding carboxylic acids is 1. The normalized spacial score (nSPS) is 11.3. The van der Waals surface area contributed by atoms with Crippen LogP contribution in [-0.4, -0.2) is 16.6 Å². The predicted octanol–water partition coefficient (Wildman–Crippen LogP) is 2.47. The van der Waals surface area contributed by atoms with E-state index in [1.165, 1.54) is 13.8 Å². The fraction of sp³-hybridized carbons (Fsp3) is 0.364. The second-order valence-electron chi connectivity index (χ2n) is 4.03. The average Bonchev–Trinajstić information content (AvgIpc) is 1.99. The first-order chi connectivity index (χ1) is 6.79. The van der Waals surface area contributed by atoms with Crippen molar-refractivity contribution >= 4 is 27.5 Å². The van der Waals surface area contributed by atoms with Crippen molar-refractivity contribution in [2.75, 3.05) is 5.32 Å². The number of aliphatic hydroxyl groups is 1. The SMILES string of the molecule is Cc1cc(Br)cc(NC(=O)C(C)(C)O)c1. The van der Waals surface area contributed by atoms with Crippen LogP contribution in [0.2, 0.25) is 0 Å². The first kappa shape index (κ1) is 12.2. The number of aryl methyl sites for hydroxylation is 1. The molecule has 0 saturated heterocycles.